The van der Waals surface area contributed by atoms with Crippen molar-refractivity contribution in [3.8, 4) is 0 Å². The topological polar surface area (TPSA) is 47.8 Å². The SMILES string of the molecule is CC(C)c1ncnc2cc(=O)n(C)cc12. The van der Waals surface area contributed by atoms with Gasteiger partial charge in [0.2, 0.25) is 0 Å². The summed E-state index contributed by atoms with van der Waals surface area (Å²) in [6, 6.07) is 1.54. The molecule has 0 saturated heterocycles. The number of pyridine rings is 1. The van der Waals surface area contributed by atoms with Crippen LogP contribution in [0.4, 0.5) is 0 Å². The van der Waals surface area contributed by atoms with Crippen molar-refractivity contribution in [2.75, 3.05) is 0 Å². The fourth-order valence-electron chi connectivity index (χ4n) is 1.61. The number of aromatic nitrogens is 3. The third-order valence-electron chi connectivity index (χ3n) is 2.42. The van der Waals surface area contributed by atoms with Gasteiger partial charge in [0.05, 0.1) is 11.2 Å². The number of hydrogen-bond donors (Lipinski definition) is 0. The Morgan fingerprint density at radius 1 is 1.33 bits per heavy atom. The van der Waals surface area contributed by atoms with Crippen molar-refractivity contribution in [1.82, 2.24) is 14.5 Å². The molecule has 0 saturated carbocycles. The molecule has 0 aromatic carbocycles. The van der Waals surface area contributed by atoms with Crippen LogP contribution in [0.1, 0.15) is 25.5 Å². The minimum atomic E-state index is -0.0455. The first kappa shape index (κ1) is 9.83. The number of rotatable bonds is 1. The Morgan fingerprint density at radius 2 is 2.07 bits per heavy atom. The predicted octanol–water partition coefficient (Wildman–Crippen LogP) is 1.45. The molecular weight excluding hydrogens is 190 g/mol. The van der Waals surface area contributed by atoms with Crippen LogP contribution in [0.5, 0.6) is 0 Å². The third kappa shape index (κ3) is 1.63. The summed E-state index contributed by atoms with van der Waals surface area (Å²) in [6.45, 7) is 4.15. The van der Waals surface area contributed by atoms with Crippen LogP contribution in [-0.4, -0.2) is 14.5 Å². The first-order chi connectivity index (χ1) is 7.09. The Kier molecular flexibility index (Phi) is 2.26. The molecule has 0 spiro atoms. The monoisotopic (exact) mass is 203 g/mol. The van der Waals surface area contributed by atoms with E-state index < -0.39 is 0 Å². The fourth-order valence-corrected chi connectivity index (χ4v) is 1.61. The Labute approximate surface area is 87.6 Å². The molecule has 4 nitrogen and oxygen atoms in total. The molecule has 0 bridgehead atoms. The van der Waals surface area contributed by atoms with Crippen molar-refractivity contribution in [2.45, 2.75) is 19.8 Å². The maximum Gasteiger partial charge on any atom is 0.252 e. The fraction of sp³-hybridized carbons (Fsp3) is 0.364. The van der Waals surface area contributed by atoms with Gasteiger partial charge in [0.15, 0.2) is 0 Å². The molecule has 2 heterocycles. The van der Waals surface area contributed by atoms with Gasteiger partial charge in [0.25, 0.3) is 5.56 Å². The lowest BCUT2D eigenvalue weighted by Crippen LogP contribution is -2.15. The van der Waals surface area contributed by atoms with Crippen LogP contribution in [0, 0.1) is 0 Å². The zero-order valence-electron chi connectivity index (χ0n) is 9.06. The van der Waals surface area contributed by atoms with E-state index in [9.17, 15) is 4.79 Å². The van der Waals surface area contributed by atoms with Gasteiger partial charge in [0, 0.05) is 24.7 Å². The highest BCUT2D eigenvalue weighted by Crippen LogP contribution is 2.19. The molecule has 0 aliphatic carbocycles. The Morgan fingerprint density at radius 3 is 2.73 bits per heavy atom. The van der Waals surface area contributed by atoms with E-state index in [1.807, 2.05) is 0 Å². The Hall–Kier alpha value is -1.71. The first-order valence-electron chi connectivity index (χ1n) is 4.91. The van der Waals surface area contributed by atoms with Crippen LogP contribution in [0.25, 0.3) is 10.9 Å². The average molecular weight is 203 g/mol. The van der Waals surface area contributed by atoms with Gasteiger partial charge in [0.1, 0.15) is 6.33 Å². The molecule has 0 aliphatic rings. The number of fused-ring (bicyclic) bond motifs is 1. The highest BCUT2D eigenvalue weighted by molar-refractivity contribution is 5.79. The lowest BCUT2D eigenvalue weighted by Gasteiger charge is -2.08. The van der Waals surface area contributed by atoms with E-state index in [1.165, 1.54) is 6.33 Å². The van der Waals surface area contributed by atoms with Gasteiger partial charge >= 0.3 is 0 Å². The van der Waals surface area contributed by atoms with Crippen LogP contribution < -0.4 is 5.56 Å². The zero-order valence-corrected chi connectivity index (χ0v) is 9.06. The van der Waals surface area contributed by atoms with Crippen molar-refractivity contribution >= 4 is 10.9 Å². The third-order valence-corrected chi connectivity index (χ3v) is 2.42. The molecule has 4 heteroatoms. The minimum Gasteiger partial charge on any atom is -0.318 e. The van der Waals surface area contributed by atoms with E-state index in [0.717, 1.165) is 16.6 Å². The van der Waals surface area contributed by atoms with Crippen LogP contribution in [0.2, 0.25) is 0 Å². The molecule has 2 rings (SSSR count). The molecule has 2 aromatic heterocycles. The maximum absolute atomic E-state index is 11.4. The summed E-state index contributed by atoms with van der Waals surface area (Å²) in [5.74, 6) is 0.327. The predicted molar refractivity (Wildman–Crippen MR) is 58.9 cm³/mol. The summed E-state index contributed by atoms with van der Waals surface area (Å²) in [6.07, 6.45) is 3.31. The first-order valence-corrected chi connectivity index (χ1v) is 4.91. The molecule has 2 aromatic rings. The quantitative estimate of drug-likeness (QED) is 0.704. The highest BCUT2D eigenvalue weighted by Gasteiger charge is 2.08. The molecule has 0 fully saturated rings. The summed E-state index contributed by atoms with van der Waals surface area (Å²) >= 11 is 0. The van der Waals surface area contributed by atoms with Crippen molar-refractivity contribution in [3.63, 3.8) is 0 Å². The smallest absolute Gasteiger partial charge is 0.252 e. The van der Waals surface area contributed by atoms with Crippen LogP contribution in [0.15, 0.2) is 23.4 Å². The van der Waals surface area contributed by atoms with E-state index in [1.54, 1.807) is 23.9 Å². The number of aryl methyl sites for hydroxylation is 1. The van der Waals surface area contributed by atoms with Crippen molar-refractivity contribution in [1.29, 1.82) is 0 Å². The molecule has 15 heavy (non-hydrogen) atoms. The highest BCUT2D eigenvalue weighted by atomic mass is 16.1. The van der Waals surface area contributed by atoms with E-state index in [4.69, 9.17) is 0 Å². The maximum atomic E-state index is 11.4. The van der Waals surface area contributed by atoms with E-state index in [0.29, 0.717) is 5.92 Å². The molecule has 0 radical (unpaired) electrons. The second-order valence-electron chi connectivity index (χ2n) is 3.94. The van der Waals surface area contributed by atoms with Gasteiger partial charge in [-0.25, -0.2) is 9.97 Å². The van der Waals surface area contributed by atoms with Gasteiger partial charge in [-0.05, 0) is 5.92 Å². The van der Waals surface area contributed by atoms with Crippen molar-refractivity contribution < 1.29 is 0 Å². The van der Waals surface area contributed by atoms with Crippen molar-refractivity contribution in [3.05, 3.63) is 34.6 Å². The Bertz CT molecular complexity index is 557. The molecule has 0 unspecified atom stereocenters. The summed E-state index contributed by atoms with van der Waals surface area (Å²) in [7, 11) is 1.74. The van der Waals surface area contributed by atoms with Crippen LogP contribution in [0.3, 0.4) is 0 Å². The van der Waals surface area contributed by atoms with Gasteiger partial charge in [-0.15, -0.1) is 0 Å². The minimum absolute atomic E-state index is 0.0455. The summed E-state index contributed by atoms with van der Waals surface area (Å²) in [5.41, 5.74) is 1.66. The molecule has 78 valence electrons. The Balaban J connectivity index is 2.86. The lowest BCUT2D eigenvalue weighted by atomic mass is 10.1. The second-order valence-corrected chi connectivity index (χ2v) is 3.94. The number of hydrogen-bond acceptors (Lipinski definition) is 3. The van der Waals surface area contributed by atoms with E-state index in [-0.39, 0.29) is 5.56 Å². The lowest BCUT2D eigenvalue weighted by molar-refractivity contribution is 0.817. The van der Waals surface area contributed by atoms with Crippen LogP contribution >= 0.6 is 0 Å². The van der Waals surface area contributed by atoms with E-state index >= 15 is 0 Å². The molecule has 0 atom stereocenters. The van der Waals surface area contributed by atoms with Crippen molar-refractivity contribution in [2.24, 2.45) is 7.05 Å². The molecule has 0 amide bonds. The molecular formula is C11H13N3O. The standard InChI is InChI=1S/C11H13N3O/c1-7(2)11-8-5-14(3)10(15)4-9(8)12-6-13-11/h4-7H,1-3H3. The van der Waals surface area contributed by atoms with E-state index in [2.05, 4.69) is 23.8 Å². The zero-order chi connectivity index (χ0) is 11.0. The summed E-state index contributed by atoms with van der Waals surface area (Å²) in [4.78, 5) is 19.8. The molecule has 0 aliphatic heterocycles. The molecule has 0 N–H and O–H groups in total. The summed E-state index contributed by atoms with van der Waals surface area (Å²) < 4.78 is 1.55. The normalized spacial score (nSPS) is 11.2. The van der Waals surface area contributed by atoms with Gasteiger partial charge in [-0.2, -0.15) is 0 Å². The van der Waals surface area contributed by atoms with Crippen LogP contribution in [-0.2, 0) is 7.05 Å². The van der Waals surface area contributed by atoms with Gasteiger partial charge in [-0.1, -0.05) is 13.8 Å². The van der Waals surface area contributed by atoms with Gasteiger partial charge in [-0.3, -0.25) is 4.79 Å². The van der Waals surface area contributed by atoms with Gasteiger partial charge < -0.3 is 4.57 Å². The average Bonchev–Trinajstić information content (AvgIpc) is 2.18. The number of nitrogens with zero attached hydrogens (tertiary/aromatic N) is 3. The largest absolute Gasteiger partial charge is 0.318 e. The second kappa shape index (κ2) is 3.46. The summed E-state index contributed by atoms with van der Waals surface area (Å²) in [5, 5.41) is 0.953.